The van der Waals surface area contributed by atoms with E-state index in [1.54, 1.807) is 24.3 Å². The van der Waals surface area contributed by atoms with Gasteiger partial charge in [0.15, 0.2) is 0 Å². The molecule has 0 spiro atoms. The summed E-state index contributed by atoms with van der Waals surface area (Å²) in [7, 11) is 0. The van der Waals surface area contributed by atoms with Crippen LogP contribution in [0.2, 0.25) is 5.02 Å². The molecule has 1 N–H and O–H groups in total. The minimum absolute atomic E-state index is 0.0188. The number of amides is 2. The van der Waals surface area contributed by atoms with Gasteiger partial charge in [0, 0.05) is 25.4 Å². The van der Waals surface area contributed by atoms with E-state index in [1.807, 2.05) is 23.1 Å². The summed E-state index contributed by atoms with van der Waals surface area (Å²) in [5.74, 6) is -0.0919. The largest absolute Gasteiger partial charge is 0.381 e. The Hall–Kier alpha value is -2.37. The van der Waals surface area contributed by atoms with Crippen molar-refractivity contribution in [3.8, 4) is 0 Å². The predicted octanol–water partition coefficient (Wildman–Crippen LogP) is 3.51. The van der Waals surface area contributed by atoms with Gasteiger partial charge >= 0.3 is 0 Å². The van der Waals surface area contributed by atoms with E-state index in [4.69, 9.17) is 16.3 Å². The van der Waals surface area contributed by atoms with Crippen LogP contribution in [0.5, 0.6) is 0 Å². The Labute approximate surface area is 163 Å². The van der Waals surface area contributed by atoms with Gasteiger partial charge in [0.25, 0.3) is 5.91 Å². The molecule has 1 fully saturated rings. The summed E-state index contributed by atoms with van der Waals surface area (Å²) in [5, 5.41) is 3.32. The van der Waals surface area contributed by atoms with Crippen molar-refractivity contribution in [3.05, 3.63) is 64.2 Å². The SMILES string of the molecule is O=C(Nc1ccc2c(c1)CN(C(=O)[C@@H]1CCOC1)CC2)c1ccccc1Cl. The first-order valence-electron chi connectivity index (χ1n) is 9.16. The van der Waals surface area contributed by atoms with Crippen LogP contribution < -0.4 is 5.32 Å². The maximum atomic E-state index is 12.7. The summed E-state index contributed by atoms with van der Waals surface area (Å²) < 4.78 is 5.35. The van der Waals surface area contributed by atoms with Gasteiger partial charge in [-0.25, -0.2) is 0 Å². The van der Waals surface area contributed by atoms with Crippen molar-refractivity contribution in [2.45, 2.75) is 19.4 Å². The molecule has 2 aliphatic heterocycles. The number of ether oxygens (including phenoxy) is 1. The predicted molar refractivity (Wildman–Crippen MR) is 104 cm³/mol. The van der Waals surface area contributed by atoms with Crippen molar-refractivity contribution in [3.63, 3.8) is 0 Å². The fourth-order valence-corrected chi connectivity index (χ4v) is 3.88. The van der Waals surface area contributed by atoms with Crippen LogP contribution >= 0.6 is 11.6 Å². The van der Waals surface area contributed by atoms with Crippen LogP contribution in [0.4, 0.5) is 5.69 Å². The Kier molecular flexibility index (Phi) is 5.14. The van der Waals surface area contributed by atoms with Gasteiger partial charge < -0.3 is 15.0 Å². The quantitative estimate of drug-likeness (QED) is 0.880. The van der Waals surface area contributed by atoms with E-state index in [2.05, 4.69) is 5.32 Å². The zero-order chi connectivity index (χ0) is 18.8. The Morgan fingerprint density at radius 3 is 2.78 bits per heavy atom. The topological polar surface area (TPSA) is 58.6 Å². The lowest BCUT2D eigenvalue weighted by Gasteiger charge is -2.31. The molecule has 0 aromatic heterocycles. The minimum atomic E-state index is -0.243. The fraction of sp³-hybridized carbons (Fsp3) is 0.333. The molecule has 1 saturated heterocycles. The molecule has 140 valence electrons. The first-order chi connectivity index (χ1) is 13.1. The average molecular weight is 385 g/mol. The van der Waals surface area contributed by atoms with Crippen LogP contribution in [0.1, 0.15) is 27.9 Å². The van der Waals surface area contributed by atoms with Crippen LogP contribution in [0.3, 0.4) is 0 Å². The molecule has 6 heteroatoms. The lowest BCUT2D eigenvalue weighted by atomic mass is 9.97. The summed E-state index contributed by atoms with van der Waals surface area (Å²) in [4.78, 5) is 27.0. The molecule has 0 radical (unpaired) electrons. The molecule has 0 bridgehead atoms. The first-order valence-corrected chi connectivity index (χ1v) is 9.54. The van der Waals surface area contributed by atoms with Crippen molar-refractivity contribution < 1.29 is 14.3 Å². The molecule has 2 aromatic carbocycles. The van der Waals surface area contributed by atoms with E-state index in [1.165, 1.54) is 5.56 Å². The van der Waals surface area contributed by atoms with Gasteiger partial charge in [0.1, 0.15) is 0 Å². The molecule has 2 aliphatic rings. The highest BCUT2D eigenvalue weighted by Crippen LogP contribution is 2.26. The maximum absolute atomic E-state index is 12.7. The third-order valence-corrected chi connectivity index (χ3v) is 5.52. The first kappa shape index (κ1) is 18.0. The Bertz CT molecular complexity index is 877. The zero-order valence-electron chi connectivity index (χ0n) is 14.9. The van der Waals surface area contributed by atoms with Crippen LogP contribution in [0, 0.1) is 5.92 Å². The van der Waals surface area contributed by atoms with E-state index < -0.39 is 0 Å². The second-order valence-corrected chi connectivity index (χ2v) is 7.39. The number of nitrogens with one attached hydrogen (secondary N) is 1. The summed E-state index contributed by atoms with van der Waals surface area (Å²) in [5.41, 5.74) is 3.44. The fourth-order valence-electron chi connectivity index (χ4n) is 3.65. The lowest BCUT2D eigenvalue weighted by molar-refractivity contribution is -0.136. The van der Waals surface area contributed by atoms with Gasteiger partial charge in [0.2, 0.25) is 5.91 Å². The Morgan fingerprint density at radius 2 is 2.00 bits per heavy atom. The van der Waals surface area contributed by atoms with Gasteiger partial charge in [-0.1, -0.05) is 29.8 Å². The number of rotatable bonds is 3. The summed E-state index contributed by atoms with van der Waals surface area (Å²) in [6, 6.07) is 12.8. The highest BCUT2D eigenvalue weighted by atomic mass is 35.5. The average Bonchev–Trinajstić information content (AvgIpc) is 3.22. The third kappa shape index (κ3) is 3.84. The molecule has 0 aliphatic carbocycles. The number of halogens is 1. The minimum Gasteiger partial charge on any atom is -0.381 e. The number of nitrogens with zero attached hydrogens (tertiary/aromatic N) is 1. The van der Waals surface area contributed by atoms with Crippen LogP contribution in [0.25, 0.3) is 0 Å². The summed E-state index contributed by atoms with van der Waals surface area (Å²) in [6.07, 6.45) is 1.63. The number of carbonyl (C=O) groups excluding carboxylic acids is 2. The van der Waals surface area contributed by atoms with Gasteiger partial charge in [0.05, 0.1) is 23.1 Å². The lowest BCUT2D eigenvalue weighted by Crippen LogP contribution is -2.40. The maximum Gasteiger partial charge on any atom is 0.257 e. The van der Waals surface area contributed by atoms with Gasteiger partial charge in [-0.15, -0.1) is 0 Å². The third-order valence-electron chi connectivity index (χ3n) is 5.19. The van der Waals surface area contributed by atoms with Crippen molar-refractivity contribution in [2.75, 3.05) is 25.1 Å². The van der Waals surface area contributed by atoms with Crippen LogP contribution in [-0.2, 0) is 22.5 Å². The van der Waals surface area contributed by atoms with E-state index in [0.717, 1.165) is 24.9 Å². The van der Waals surface area contributed by atoms with E-state index in [9.17, 15) is 9.59 Å². The highest BCUT2D eigenvalue weighted by molar-refractivity contribution is 6.34. The Balaban J connectivity index is 1.48. The second kappa shape index (κ2) is 7.71. The summed E-state index contributed by atoms with van der Waals surface area (Å²) >= 11 is 6.10. The van der Waals surface area contributed by atoms with Crippen LogP contribution in [0.15, 0.2) is 42.5 Å². The molecule has 4 rings (SSSR count). The van der Waals surface area contributed by atoms with Crippen molar-refractivity contribution in [1.82, 2.24) is 4.90 Å². The number of carbonyl (C=O) groups is 2. The van der Waals surface area contributed by atoms with E-state index >= 15 is 0 Å². The van der Waals surface area contributed by atoms with Gasteiger partial charge in [-0.05, 0) is 48.2 Å². The van der Waals surface area contributed by atoms with Crippen molar-refractivity contribution >= 4 is 29.1 Å². The molecular weight excluding hydrogens is 364 g/mol. The smallest absolute Gasteiger partial charge is 0.257 e. The van der Waals surface area contributed by atoms with E-state index in [-0.39, 0.29) is 17.7 Å². The number of anilines is 1. The zero-order valence-corrected chi connectivity index (χ0v) is 15.7. The number of benzene rings is 2. The van der Waals surface area contributed by atoms with E-state index in [0.29, 0.717) is 36.0 Å². The van der Waals surface area contributed by atoms with Gasteiger partial charge in [-0.2, -0.15) is 0 Å². The van der Waals surface area contributed by atoms with Crippen molar-refractivity contribution in [1.29, 1.82) is 0 Å². The molecule has 1 atom stereocenters. The Morgan fingerprint density at radius 1 is 1.15 bits per heavy atom. The summed E-state index contributed by atoms with van der Waals surface area (Å²) in [6.45, 7) is 2.49. The number of hydrogen-bond donors (Lipinski definition) is 1. The number of fused-ring (bicyclic) bond motifs is 1. The molecule has 2 heterocycles. The number of hydrogen-bond acceptors (Lipinski definition) is 3. The van der Waals surface area contributed by atoms with Crippen molar-refractivity contribution in [2.24, 2.45) is 5.92 Å². The molecule has 27 heavy (non-hydrogen) atoms. The molecule has 2 amide bonds. The molecule has 0 saturated carbocycles. The second-order valence-electron chi connectivity index (χ2n) is 6.99. The molecular formula is C21H21ClN2O3. The monoisotopic (exact) mass is 384 g/mol. The molecule has 2 aromatic rings. The van der Waals surface area contributed by atoms with Crippen LogP contribution in [-0.4, -0.2) is 36.5 Å². The standard InChI is InChI=1S/C21H21ClN2O3/c22-19-4-2-1-3-18(19)20(25)23-17-6-5-14-7-9-24(12-16(14)11-17)21(26)15-8-10-27-13-15/h1-6,11,15H,7-10,12-13H2,(H,23,25)/t15-/m1/s1. The normalized spacial score (nSPS) is 18.9. The van der Waals surface area contributed by atoms with Gasteiger partial charge in [-0.3, -0.25) is 9.59 Å². The highest BCUT2D eigenvalue weighted by Gasteiger charge is 2.30. The molecule has 5 nitrogen and oxygen atoms in total. The molecule has 0 unspecified atom stereocenters.